The third-order valence-corrected chi connectivity index (χ3v) is 5.13. The Bertz CT molecular complexity index is 442. The molecule has 3 heteroatoms. The minimum absolute atomic E-state index is 0.176. The van der Waals surface area contributed by atoms with Gasteiger partial charge in [-0.25, -0.2) is 0 Å². The average molecular weight is 338 g/mol. The Balaban J connectivity index is 1.67. The van der Waals surface area contributed by atoms with E-state index in [4.69, 9.17) is 4.74 Å². The molecule has 0 radical (unpaired) electrons. The maximum Gasteiger partial charge on any atom is 0.0702 e. The maximum absolute atomic E-state index is 6.17. The number of hydrogen-bond donors (Lipinski definition) is 1. The second-order valence-electron chi connectivity index (χ2n) is 6.44. The number of benzene rings is 1. The number of hydrogen-bond acceptors (Lipinski definition) is 2. The molecule has 0 aromatic heterocycles. The van der Waals surface area contributed by atoms with Crippen molar-refractivity contribution >= 4 is 21.6 Å². The molecule has 20 heavy (non-hydrogen) atoms. The topological polar surface area (TPSA) is 21.3 Å². The number of anilines is 1. The first-order chi connectivity index (χ1) is 9.65. The van der Waals surface area contributed by atoms with Crippen LogP contribution in [0.1, 0.15) is 50.5 Å². The van der Waals surface area contributed by atoms with Crippen LogP contribution < -0.4 is 5.32 Å². The number of aryl methyl sites for hydroxylation is 1. The molecule has 1 atom stereocenters. The van der Waals surface area contributed by atoms with E-state index in [-0.39, 0.29) is 5.60 Å². The van der Waals surface area contributed by atoms with E-state index in [2.05, 4.69) is 46.4 Å². The molecular formula is C17H24BrNO. The highest BCUT2D eigenvalue weighted by Crippen LogP contribution is 2.39. The summed E-state index contributed by atoms with van der Waals surface area (Å²) in [6, 6.07) is 7.11. The van der Waals surface area contributed by atoms with Gasteiger partial charge in [-0.3, -0.25) is 0 Å². The zero-order chi connectivity index (χ0) is 14.0. The van der Waals surface area contributed by atoms with Crippen molar-refractivity contribution < 1.29 is 4.74 Å². The van der Waals surface area contributed by atoms with Crippen molar-refractivity contribution in [3.63, 3.8) is 0 Å². The number of rotatable bonds is 2. The molecule has 1 saturated carbocycles. The molecule has 1 aromatic carbocycles. The van der Waals surface area contributed by atoms with E-state index in [1.54, 1.807) is 0 Å². The average Bonchev–Trinajstić information content (AvgIpc) is 2.38. The molecule has 1 N–H and O–H groups in total. The first-order valence-electron chi connectivity index (χ1n) is 7.83. The Hall–Kier alpha value is -0.540. The molecule has 2 aliphatic rings. The van der Waals surface area contributed by atoms with E-state index in [0.717, 1.165) is 17.5 Å². The van der Waals surface area contributed by atoms with E-state index in [1.165, 1.54) is 49.8 Å². The van der Waals surface area contributed by atoms with E-state index < -0.39 is 0 Å². The molecule has 1 saturated heterocycles. The molecule has 2 nitrogen and oxygen atoms in total. The van der Waals surface area contributed by atoms with Crippen molar-refractivity contribution in [2.75, 3.05) is 11.9 Å². The number of nitrogens with one attached hydrogen (secondary N) is 1. The lowest BCUT2D eigenvalue weighted by molar-refractivity contribution is -0.103. The van der Waals surface area contributed by atoms with Crippen molar-refractivity contribution in [1.29, 1.82) is 0 Å². The van der Waals surface area contributed by atoms with E-state index in [9.17, 15) is 0 Å². The van der Waals surface area contributed by atoms with E-state index in [0.29, 0.717) is 6.04 Å². The molecule has 3 rings (SSSR count). The lowest BCUT2D eigenvalue weighted by atomic mass is 9.78. The van der Waals surface area contributed by atoms with Gasteiger partial charge in [0.25, 0.3) is 0 Å². The lowest BCUT2D eigenvalue weighted by Crippen LogP contribution is -2.45. The molecule has 1 aliphatic heterocycles. The minimum atomic E-state index is 0.176. The van der Waals surface area contributed by atoms with Gasteiger partial charge in [0, 0.05) is 22.8 Å². The van der Waals surface area contributed by atoms with Gasteiger partial charge in [0.15, 0.2) is 0 Å². The summed E-state index contributed by atoms with van der Waals surface area (Å²) in [5, 5.41) is 3.72. The van der Waals surface area contributed by atoms with Crippen LogP contribution >= 0.6 is 15.9 Å². The second-order valence-corrected chi connectivity index (χ2v) is 7.36. The predicted octanol–water partition coefficient (Wildman–Crippen LogP) is 5.05. The quantitative estimate of drug-likeness (QED) is 0.815. The van der Waals surface area contributed by atoms with Crippen LogP contribution in [-0.2, 0) is 4.74 Å². The Kier molecular flexibility index (Phi) is 4.37. The molecule has 1 unspecified atom stereocenters. The molecule has 0 bridgehead atoms. The molecule has 1 spiro atoms. The number of halogens is 1. The molecule has 1 heterocycles. The Morgan fingerprint density at radius 2 is 2.00 bits per heavy atom. The summed E-state index contributed by atoms with van der Waals surface area (Å²) < 4.78 is 7.32. The highest BCUT2D eigenvalue weighted by atomic mass is 79.9. The van der Waals surface area contributed by atoms with Gasteiger partial charge in [0.05, 0.1) is 5.60 Å². The van der Waals surface area contributed by atoms with Crippen molar-refractivity contribution in [3.8, 4) is 0 Å². The Morgan fingerprint density at radius 3 is 2.75 bits per heavy atom. The van der Waals surface area contributed by atoms with Crippen molar-refractivity contribution in [2.45, 2.75) is 63.5 Å². The fraction of sp³-hybridized carbons (Fsp3) is 0.647. The van der Waals surface area contributed by atoms with E-state index >= 15 is 0 Å². The van der Waals surface area contributed by atoms with Crippen LogP contribution in [0.25, 0.3) is 0 Å². The second kappa shape index (κ2) is 6.07. The monoisotopic (exact) mass is 337 g/mol. The smallest absolute Gasteiger partial charge is 0.0702 e. The van der Waals surface area contributed by atoms with Gasteiger partial charge in [-0.2, -0.15) is 0 Å². The zero-order valence-electron chi connectivity index (χ0n) is 12.3. The van der Waals surface area contributed by atoms with Crippen LogP contribution in [0.2, 0.25) is 0 Å². The molecule has 110 valence electrons. The summed E-state index contributed by atoms with van der Waals surface area (Å²) in [5.74, 6) is 0. The third-order valence-electron chi connectivity index (χ3n) is 4.67. The minimum Gasteiger partial charge on any atom is -0.382 e. The summed E-state index contributed by atoms with van der Waals surface area (Å²) in [5.41, 5.74) is 2.70. The molecular weight excluding hydrogens is 314 g/mol. The number of ether oxygens (including phenoxy) is 1. The lowest BCUT2D eigenvalue weighted by Gasteiger charge is -2.44. The van der Waals surface area contributed by atoms with Gasteiger partial charge < -0.3 is 10.1 Å². The van der Waals surface area contributed by atoms with Crippen molar-refractivity contribution in [1.82, 2.24) is 0 Å². The zero-order valence-corrected chi connectivity index (χ0v) is 13.8. The molecule has 1 aliphatic carbocycles. The fourth-order valence-corrected chi connectivity index (χ4v) is 4.36. The SMILES string of the molecule is Cc1cc(Br)cc(NC2CCOC3(CCCCC3)C2)c1. The van der Waals surface area contributed by atoms with Gasteiger partial charge in [-0.05, 0) is 56.4 Å². The summed E-state index contributed by atoms with van der Waals surface area (Å²) >= 11 is 3.58. The summed E-state index contributed by atoms with van der Waals surface area (Å²) in [6.07, 6.45) is 8.84. The van der Waals surface area contributed by atoms with Crippen LogP contribution in [0.4, 0.5) is 5.69 Å². The highest BCUT2D eigenvalue weighted by molar-refractivity contribution is 9.10. The van der Waals surface area contributed by atoms with Crippen molar-refractivity contribution in [3.05, 3.63) is 28.2 Å². The van der Waals surface area contributed by atoms with Crippen molar-refractivity contribution in [2.24, 2.45) is 0 Å². The normalized spacial score (nSPS) is 25.6. The maximum atomic E-state index is 6.17. The van der Waals surface area contributed by atoms with Crippen LogP contribution in [-0.4, -0.2) is 18.2 Å². The van der Waals surface area contributed by atoms with Gasteiger partial charge in [-0.15, -0.1) is 0 Å². The van der Waals surface area contributed by atoms with Crippen LogP contribution in [0.3, 0.4) is 0 Å². The third kappa shape index (κ3) is 3.37. The highest BCUT2D eigenvalue weighted by Gasteiger charge is 2.38. The van der Waals surface area contributed by atoms with Crippen LogP contribution in [0.15, 0.2) is 22.7 Å². The van der Waals surface area contributed by atoms with Crippen LogP contribution in [0, 0.1) is 6.92 Å². The van der Waals surface area contributed by atoms with Crippen LogP contribution in [0.5, 0.6) is 0 Å². The molecule has 0 amide bonds. The summed E-state index contributed by atoms with van der Waals surface area (Å²) in [4.78, 5) is 0. The van der Waals surface area contributed by atoms with Gasteiger partial charge >= 0.3 is 0 Å². The fourth-order valence-electron chi connectivity index (χ4n) is 3.75. The van der Waals surface area contributed by atoms with Gasteiger partial charge in [0.2, 0.25) is 0 Å². The predicted molar refractivity (Wildman–Crippen MR) is 87.3 cm³/mol. The van der Waals surface area contributed by atoms with E-state index in [1.807, 2.05) is 0 Å². The first-order valence-corrected chi connectivity index (χ1v) is 8.62. The first kappa shape index (κ1) is 14.4. The standard InChI is InChI=1S/C17H24BrNO/c1-13-9-14(18)11-16(10-13)19-15-5-8-20-17(12-15)6-3-2-4-7-17/h9-11,15,19H,2-8,12H2,1H3. The van der Waals surface area contributed by atoms with Gasteiger partial charge in [0.1, 0.15) is 0 Å². The Labute approximate surface area is 130 Å². The molecule has 2 fully saturated rings. The molecule has 1 aromatic rings. The Morgan fingerprint density at radius 1 is 1.20 bits per heavy atom. The summed E-state index contributed by atoms with van der Waals surface area (Å²) in [7, 11) is 0. The van der Waals surface area contributed by atoms with Gasteiger partial charge in [-0.1, -0.05) is 35.2 Å². The largest absolute Gasteiger partial charge is 0.382 e. The summed E-state index contributed by atoms with van der Waals surface area (Å²) in [6.45, 7) is 3.05.